The van der Waals surface area contributed by atoms with Crippen molar-refractivity contribution in [2.24, 2.45) is 0 Å². The van der Waals surface area contributed by atoms with E-state index in [9.17, 15) is 10.2 Å². The number of hydrogen-bond donors (Lipinski definition) is 2. The molecule has 0 bridgehead atoms. The van der Waals surface area contributed by atoms with E-state index in [-0.39, 0.29) is 6.04 Å². The van der Waals surface area contributed by atoms with E-state index in [2.05, 4.69) is 11.0 Å². The molecular weight excluding hydrogens is 322 g/mol. The lowest BCUT2D eigenvalue weighted by atomic mass is 9.83. The molecule has 4 rings (SSSR count). The number of likely N-dealkylation sites (tertiary alicyclic amines) is 1. The fraction of sp³-hybridized carbons (Fsp3) is 0.400. The van der Waals surface area contributed by atoms with Crippen LogP contribution in [0.1, 0.15) is 35.6 Å². The Morgan fingerprint density at radius 1 is 1.00 bits per heavy atom. The van der Waals surface area contributed by atoms with Crippen LogP contribution in [-0.4, -0.2) is 34.2 Å². The molecule has 2 aromatic carbocycles. The molecule has 0 unspecified atom stereocenters. The minimum Gasteiger partial charge on any atom is -0.387 e. The Kier molecular flexibility index (Phi) is 4.13. The van der Waals surface area contributed by atoms with Crippen LogP contribution in [0.3, 0.4) is 0 Å². The normalized spacial score (nSPS) is 26.3. The van der Waals surface area contributed by atoms with Crippen LogP contribution < -0.4 is 0 Å². The molecule has 0 aromatic heterocycles. The summed E-state index contributed by atoms with van der Waals surface area (Å²) in [6.07, 6.45) is 1.71. The van der Waals surface area contributed by atoms with Gasteiger partial charge in [0.05, 0.1) is 11.7 Å². The highest BCUT2D eigenvalue weighted by molar-refractivity contribution is 6.31. The molecule has 1 aliphatic heterocycles. The predicted molar refractivity (Wildman–Crippen MR) is 95.0 cm³/mol. The molecule has 2 atom stereocenters. The molecule has 1 fully saturated rings. The van der Waals surface area contributed by atoms with Gasteiger partial charge < -0.3 is 10.2 Å². The predicted octanol–water partition coefficient (Wildman–Crippen LogP) is 3.28. The second-order valence-corrected chi connectivity index (χ2v) is 7.37. The van der Waals surface area contributed by atoms with E-state index in [1.54, 1.807) is 0 Å². The molecule has 0 amide bonds. The highest BCUT2D eigenvalue weighted by Crippen LogP contribution is 2.40. The molecule has 0 radical (unpaired) electrons. The van der Waals surface area contributed by atoms with Crippen LogP contribution in [0.25, 0.3) is 0 Å². The highest BCUT2D eigenvalue weighted by atomic mass is 35.5. The van der Waals surface area contributed by atoms with Crippen molar-refractivity contribution in [1.82, 2.24) is 4.90 Å². The Bertz CT molecular complexity index is 740. The Labute approximate surface area is 147 Å². The molecule has 3 nitrogen and oxygen atoms in total. The monoisotopic (exact) mass is 343 g/mol. The standard InChI is InChI=1S/C20H22ClNO2/c21-17-8-4-3-7-16(17)20(24)9-11-22(12-10-20)18-13-14-5-1-2-6-15(14)19(18)23/h1-8,18-19,23-24H,9-13H2/t18-,19-/m0/s1. The maximum absolute atomic E-state index is 11.0. The largest absolute Gasteiger partial charge is 0.387 e. The lowest BCUT2D eigenvalue weighted by Gasteiger charge is -2.42. The topological polar surface area (TPSA) is 43.7 Å². The van der Waals surface area contributed by atoms with Crippen LogP contribution in [0.2, 0.25) is 5.02 Å². The zero-order chi connectivity index (χ0) is 16.7. The second kappa shape index (κ2) is 6.16. The molecule has 1 heterocycles. The smallest absolute Gasteiger partial charge is 0.0951 e. The first-order chi connectivity index (χ1) is 11.6. The average molecular weight is 344 g/mol. The molecule has 0 spiro atoms. The SMILES string of the molecule is O[C@H]1c2ccccc2C[C@@H]1N1CCC(O)(c2ccccc2Cl)CC1. The number of benzene rings is 2. The number of piperidine rings is 1. The zero-order valence-electron chi connectivity index (χ0n) is 13.5. The lowest BCUT2D eigenvalue weighted by molar-refractivity contribution is -0.0501. The summed E-state index contributed by atoms with van der Waals surface area (Å²) in [5, 5.41) is 22.3. The quantitative estimate of drug-likeness (QED) is 0.879. The number of hydrogen-bond acceptors (Lipinski definition) is 3. The summed E-state index contributed by atoms with van der Waals surface area (Å²) in [6, 6.07) is 15.8. The number of halogens is 1. The summed E-state index contributed by atoms with van der Waals surface area (Å²) in [5.74, 6) is 0. The first-order valence-electron chi connectivity index (χ1n) is 8.56. The molecule has 24 heavy (non-hydrogen) atoms. The number of rotatable bonds is 2. The van der Waals surface area contributed by atoms with Gasteiger partial charge in [0.1, 0.15) is 0 Å². The molecule has 0 saturated carbocycles. The maximum atomic E-state index is 11.0. The van der Waals surface area contributed by atoms with Gasteiger partial charge in [0.2, 0.25) is 0 Å². The van der Waals surface area contributed by atoms with Gasteiger partial charge in [-0.2, -0.15) is 0 Å². The summed E-state index contributed by atoms with van der Waals surface area (Å²) >= 11 is 6.28. The van der Waals surface area contributed by atoms with Crippen molar-refractivity contribution in [3.8, 4) is 0 Å². The first-order valence-corrected chi connectivity index (χ1v) is 8.94. The summed E-state index contributed by atoms with van der Waals surface area (Å²) in [7, 11) is 0. The fourth-order valence-corrected chi connectivity index (χ4v) is 4.53. The van der Waals surface area contributed by atoms with Crippen molar-refractivity contribution in [3.05, 3.63) is 70.2 Å². The molecule has 2 N–H and O–H groups in total. The second-order valence-electron chi connectivity index (χ2n) is 6.96. The van der Waals surface area contributed by atoms with Gasteiger partial charge in [-0.3, -0.25) is 4.90 Å². The van der Waals surface area contributed by atoms with Gasteiger partial charge in [-0.05, 0) is 36.5 Å². The third kappa shape index (κ3) is 2.66. The van der Waals surface area contributed by atoms with Gasteiger partial charge in [-0.15, -0.1) is 0 Å². The Morgan fingerprint density at radius 3 is 2.38 bits per heavy atom. The van der Waals surface area contributed by atoms with Crippen molar-refractivity contribution in [3.63, 3.8) is 0 Å². The lowest BCUT2D eigenvalue weighted by Crippen LogP contribution is -2.48. The van der Waals surface area contributed by atoms with Gasteiger partial charge in [0.15, 0.2) is 0 Å². The number of nitrogens with zero attached hydrogens (tertiary/aromatic N) is 1. The number of aliphatic hydroxyl groups is 2. The van der Waals surface area contributed by atoms with Gasteiger partial charge >= 0.3 is 0 Å². The Morgan fingerprint density at radius 2 is 1.67 bits per heavy atom. The van der Waals surface area contributed by atoms with E-state index in [0.717, 1.165) is 30.6 Å². The van der Waals surface area contributed by atoms with Crippen molar-refractivity contribution in [2.75, 3.05) is 13.1 Å². The fourth-order valence-electron chi connectivity index (χ4n) is 4.22. The van der Waals surface area contributed by atoms with Gasteiger partial charge in [-0.25, -0.2) is 0 Å². The Hall–Kier alpha value is -1.39. The molecule has 2 aliphatic rings. The van der Waals surface area contributed by atoms with Crippen LogP contribution >= 0.6 is 11.6 Å². The van der Waals surface area contributed by atoms with Crippen molar-refractivity contribution >= 4 is 11.6 Å². The van der Waals surface area contributed by atoms with E-state index in [0.29, 0.717) is 17.9 Å². The van der Waals surface area contributed by atoms with E-state index in [1.807, 2.05) is 42.5 Å². The van der Waals surface area contributed by atoms with Crippen molar-refractivity contribution in [2.45, 2.75) is 37.0 Å². The zero-order valence-corrected chi connectivity index (χ0v) is 14.3. The summed E-state index contributed by atoms with van der Waals surface area (Å²) in [4.78, 5) is 2.32. The third-order valence-corrected chi connectivity index (χ3v) is 5.97. The summed E-state index contributed by atoms with van der Waals surface area (Å²) in [6.45, 7) is 1.52. The van der Waals surface area contributed by atoms with Crippen LogP contribution in [0.4, 0.5) is 0 Å². The van der Waals surface area contributed by atoms with Crippen molar-refractivity contribution in [1.29, 1.82) is 0 Å². The molecule has 2 aromatic rings. The van der Waals surface area contributed by atoms with E-state index >= 15 is 0 Å². The van der Waals surface area contributed by atoms with Crippen LogP contribution in [0.15, 0.2) is 48.5 Å². The summed E-state index contributed by atoms with van der Waals surface area (Å²) in [5.41, 5.74) is 2.24. The number of fused-ring (bicyclic) bond motifs is 1. The van der Waals surface area contributed by atoms with E-state index in [1.165, 1.54) is 5.56 Å². The van der Waals surface area contributed by atoms with Gasteiger partial charge in [-0.1, -0.05) is 54.1 Å². The minimum absolute atomic E-state index is 0.109. The molecule has 126 valence electrons. The molecule has 1 saturated heterocycles. The molecule has 4 heteroatoms. The number of aliphatic hydroxyl groups excluding tert-OH is 1. The third-order valence-electron chi connectivity index (χ3n) is 5.64. The van der Waals surface area contributed by atoms with Crippen molar-refractivity contribution < 1.29 is 10.2 Å². The average Bonchev–Trinajstić information content (AvgIpc) is 2.93. The first kappa shape index (κ1) is 16.1. The van der Waals surface area contributed by atoms with Crippen LogP contribution in [0, 0.1) is 0 Å². The Balaban J connectivity index is 1.49. The maximum Gasteiger partial charge on any atom is 0.0951 e. The summed E-state index contributed by atoms with van der Waals surface area (Å²) < 4.78 is 0. The molecular formula is C20H22ClNO2. The molecule has 1 aliphatic carbocycles. The van der Waals surface area contributed by atoms with Gasteiger partial charge in [0, 0.05) is 29.7 Å². The minimum atomic E-state index is -0.870. The van der Waals surface area contributed by atoms with E-state index < -0.39 is 11.7 Å². The van der Waals surface area contributed by atoms with Crippen LogP contribution in [-0.2, 0) is 12.0 Å². The highest BCUT2D eigenvalue weighted by Gasteiger charge is 2.41. The van der Waals surface area contributed by atoms with Crippen LogP contribution in [0.5, 0.6) is 0 Å². The van der Waals surface area contributed by atoms with Gasteiger partial charge in [0.25, 0.3) is 0 Å². The van der Waals surface area contributed by atoms with E-state index in [4.69, 9.17) is 11.6 Å².